The van der Waals surface area contributed by atoms with Gasteiger partial charge in [-0.15, -0.1) is 71.8 Å². The molecule has 2 heterocycles. The first-order chi connectivity index (χ1) is 12.8. The van der Waals surface area contributed by atoms with Crippen molar-refractivity contribution in [2.24, 2.45) is 0 Å². The van der Waals surface area contributed by atoms with E-state index in [0.717, 1.165) is 39.5 Å². The molecule has 3 heteroatoms. The average molecular weight is 527 g/mol. The minimum atomic E-state index is 0. The topological polar surface area (TPSA) is 25.8 Å². The standard InChI is InChI=1S/C24H16N2.Pt/c1-18(21-14-8-16-23(25-21)19-10-4-2-5-11-19)22-15-9-17-24(26-22)20-12-6-3-7-13-20;/h2-10,12,14-17H,1H2;/q-2;+2. The molecular weight excluding hydrogens is 511 g/mol. The summed E-state index contributed by atoms with van der Waals surface area (Å²) < 4.78 is 0. The molecule has 0 aliphatic heterocycles. The second-order valence-corrected chi connectivity index (χ2v) is 5.85. The summed E-state index contributed by atoms with van der Waals surface area (Å²) in [4.78, 5) is 9.49. The minimum Gasteiger partial charge on any atom is -0.296 e. The van der Waals surface area contributed by atoms with Gasteiger partial charge < -0.3 is 0 Å². The number of hydrogen-bond acceptors (Lipinski definition) is 2. The molecule has 2 nitrogen and oxygen atoms in total. The summed E-state index contributed by atoms with van der Waals surface area (Å²) in [5.41, 5.74) is 6.07. The molecule has 0 aliphatic carbocycles. The van der Waals surface area contributed by atoms with Crippen LogP contribution in [0.15, 0.2) is 91.5 Å². The van der Waals surface area contributed by atoms with E-state index in [9.17, 15) is 0 Å². The molecule has 0 spiro atoms. The van der Waals surface area contributed by atoms with Gasteiger partial charge in [0.15, 0.2) is 0 Å². The Kier molecular flexibility index (Phi) is 6.11. The van der Waals surface area contributed by atoms with Gasteiger partial charge in [-0.05, 0) is 23.5 Å². The third kappa shape index (κ3) is 4.29. The van der Waals surface area contributed by atoms with Crippen molar-refractivity contribution in [2.45, 2.75) is 0 Å². The van der Waals surface area contributed by atoms with Gasteiger partial charge in [-0.25, -0.2) is 0 Å². The van der Waals surface area contributed by atoms with Crippen LogP contribution in [0, 0.1) is 12.1 Å². The van der Waals surface area contributed by atoms with Gasteiger partial charge in [-0.3, -0.25) is 9.97 Å². The van der Waals surface area contributed by atoms with Gasteiger partial charge in [-0.1, -0.05) is 30.8 Å². The van der Waals surface area contributed by atoms with E-state index >= 15 is 0 Å². The molecule has 0 bridgehead atoms. The second kappa shape index (κ2) is 8.70. The monoisotopic (exact) mass is 527 g/mol. The molecule has 0 saturated carbocycles. The van der Waals surface area contributed by atoms with Gasteiger partial charge in [0.25, 0.3) is 0 Å². The number of rotatable bonds is 4. The SMILES string of the molecule is C=C(c1cccc(-c2[c-]cccc2)n1)c1cccc(-c2[c-]cccc2)n1.[Pt+2]. The molecule has 0 radical (unpaired) electrons. The zero-order chi connectivity index (χ0) is 17.8. The molecule has 4 aromatic rings. The van der Waals surface area contributed by atoms with Crippen LogP contribution in [0.25, 0.3) is 28.1 Å². The Bertz CT molecular complexity index is 959. The first-order valence-corrected chi connectivity index (χ1v) is 8.39. The molecule has 132 valence electrons. The zero-order valence-corrected chi connectivity index (χ0v) is 16.8. The molecule has 27 heavy (non-hydrogen) atoms. The normalized spacial score (nSPS) is 10.1. The molecule has 0 amide bonds. The van der Waals surface area contributed by atoms with E-state index in [1.165, 1.54) is 0 Å². The Morgan fingerprint density at radius 1 is 0.630 bits per heavy atom. The number of benzene rings is 2. The molecule has 0 fully saturated rings. The van der Waals surface area contributed by atoms with E-state index < -0.39 is 0 Å². The van der Waals surface area contributed by atoms with Crippen LogP contribution < -0.4 is 0 Å². The maximum absolute atomic E-state index is 4.74. The van der Waals surface area contributed by atoms with Crippen LogP contribution in [0.5, 0.6) is 0 Å². The summed E-state index contributed by atoms with van der Waals surface area (Å²) in [6.07, 6.45) is 0. The van der Waals surface area contributed by atoms with Crippen molar-refractivity contribution < 1.29 is 21.1 Å². The maximum atomic E-state index is 4.74. The number of hydrogen-bond donors (Lipinski definition) is 0. The van der Waals surface area contributed by atoms with Gasteiger partial charge in [0.1, 0.15) is 0 Å². The zero-order valence-electron chi connectivity index (χ0n) is 14.5. The van der Waals surface area contributed by atoms with Gasteiger partial charge >= 0.3 is 21.1 Å². The first-order valence-electron chi connectivity index (χ1n) is 8.39. The number of aromatic nitrogens is 2. The van der Waals surface area contributed by atoms with Crippen LogP contribution >= 0.6 is 0 Å². The smallest absolute Gasteiger partial charge is 0.296 e. The molecule has 0 N–H and O–H groups in total. The summed E-state index contributed by atoms with van der Waals surface area (Å²) in [7, 11) is 0. The molecule has 0 unspecified atom stereocenters. The van der Waals surface area contributed by atoms with E-state index in [2.05, 4.69) is 18.7 Å². The first kappa shape index (κ1) is 18.9. The Balaban J connectivity index is 0.00000210. The quantitative estimate of drug-likeness (QED) is 0.329. The van der Waals surface area contributed by atoms with Crippen molar-refractivity contribution in [2.75, 3.05) is 0 Å². The molecule has 0 saturated heterocycles. The molecular formula is C24H16N2Pt. The van der Waals surface area contributed by atoms with Crippen LogP contribution in [0.1, 0.15) is 11.4 Å². The molecule has 0 atom stereocenters. The van der Waals surface area contributed by atoms with E-state index in [-0.39, 0.29) is 21.1 Å². The third-order valence-electron chi connectivity index (χ3n) is 4.09. The maximum Gasteiger partial charge on any atom is 2.00 e. The summed E-state index contributed by atoms with van der Waals surface area (Å²) in [5.74, 6) is 0. The average Bonchev–Trinajstić information content (AvgIpc) is 2.75. The van der Waals surface area contributed by atoms with E-state index in [4.69, 9.17) is 9.97 Å². The predicted octanol–water partition coefficient (Wildman–Crippen LogP) is 5.47. The molecule has 0 aliphatic rings. The molecule has 2 aromatic carbocycles. The van der Waals surface area contributed by atoms with Crippen molar-refractivity contribution in [1.29, 1.82) is 0 Å². The Morgan fingerprint density at radius 3 is 1.52 bits per heavy atom. The van der Waals surface area contributed by atoms with E-state index in [1.807, 2.05) is 84.9 Å². The Morgan fingerprint density at radius 2 is 1.11 bits per heavy atom. The summed E-state index contributed by atoms with van der Waals surface area (Å²) >= 11 is 0. The van der Waals surface area contributed by atoms with Crippen LogP contribution in [0.4, 0.5) is 0 Å². The summed E-state index contributed by atoms with van der Waals surface area (Å²) in [6, 6.07) is 33.9. The second-order valence-electron chi connectivity index (χ2n) is 5.85. The number of nitrogens with zero attached hydrogens (tertiary/aromatic N) is 2. The predicted molar refractivity (Wildman–Crippen MR) is 105 cm³/mol. The van der Waals surface area contributed by atoms with Crippen molar-refractivity contribution in [3.63, 3.8) is 0 Å². The van der Waals surface area contributed by atoms with Gasteiger partial charge in [-0.2, -0.15) is 0 Å². The van der Waals surface area contributed by atoms with Crippen molar-refractivity contribution in [3.05, 3.63) is 115 Å². The Hall–Kier alpha value is -2.83. The van der Waals surface area contributed by atoms with Crippen LogP contribution in [-0.4, -0.2) is 9.97 Å². The largest absolute Gasteiger partial charge is 2.00 e. The van der Waals surface area contributed by atoms with Gasteiger partial charge in [0, 0.05) is 5.57 Å². The van der Waals surface area contributed by atoms with E-state index in [0.29, 0.717) is 0 Å². The van der Waals surface area contributed by atoms with E-state index in [1.54, 1.807) is 0 Å². The third-order valence-corrected chi connectivity index (χ3v) is 4.09. The fraction of sp³-hybridized carbons (Fsp3) is 0. The Labute approximate surface area is 173 Å². The minimum absolute atomic E-state index is 0. The van der Waals surface area contributed by atoms with Crippen molar-refractivity contribution in [1.82, 2.24) is 9.97 Å². The summed E-state index contributed by atoms with van der Waals surface area (Å²) in [6.45, 7) is 4.22. The van der Waals surface area contributed by atoms with Gasteiger partial charge in [0.05, 0.1) is 11.4 Å². The van der Waals surface area contributed by atoms with Crippen molar-refractivity contribution in [3.8, 4) is 22.5 Å². The molecule has 4 rings (SSSR count). The van der Waals surface area contributed by atoms with Crippen molar-refractivity contribution >= 4 is 5.57 Å². The fourth-order valence-corrected chi connectivity index (χ4v) is 2.74. The molecule has 2 aromatic heterocycles. The van der Waals surface area contributed by atoms with Gasteiger partial charge in [0.2, 0.25) is 0 Å². The number of pyridine rings is 2. The van der Waals surface area contributed by atoms with Crippen LogP contribution in [0.3, 0.4) is 0 Å². The van der Waals surface area contributed by atoms with Crippen LogP contribution in [-0.2, 0) is 21.1 Å². The summed E-state index contributed by atoms with van der Waals surface area (Å²) in [5, 5.41) is 0. The fourth-order valence-electron chi connectivity index (χ4n) is 2.74. The van der Waals surface area contributed by atoms with Crippen LogP contribution in [0.2, 0.25) is 0 Å².